The molecule has 2 aliphatic rings. The van der Waals surface area contributed by atoms with Gasteiger partial charge in [0.25, 0.3) is 0 Å². The number of carbonyl (C=O) groups is 1. The summed E-state index contributed by atoms with van der Waals surface area (Å²) in [4.78, 5) is 11.6. The van der Waals surface area contributed by atoms with Crippen LogP contribution in [0.15, 0.2) is 12.0 Å². The molecule has 0 saturated heterocycles. The molecular weight excluding hydrogens is 168 g/mol. The molecule has 3 heteroatoms. The van der Waals surface area contributed by atoms with Gasteiger partial charge in [0, 0.05) is 0 Å². The number of hydrogen-bond acceptors (Lipinski definition) is 3. The zero-order valence-electron chi connectivity index (χ0n) is 7.84. The van der Waals surface area contributed by atoms with E-state index in [1.165, 1.54) is 12.7 Å². The quantitative estimate of drug-likeness (QED) is 0.582. The first-order valence-corrected chi connectivity index (χ1v) is 4.75. The number of ether oxygens (including phenoxy) is 2. The van der Waals surface area contributed by atoms with Gasteiger partial charge in [0.15, 0.2) is 0 Å². The Labute approximate surface area is 77.7 Å². The topological polar surface area (TPSA) is 35.5 Å². The van der Waals surface area contributed by atoms with Crippen molar-refractivity contribution < 1.29 is 14.3 Å². The van der Waals surface area contributed by atoms with E-state index in [-0.39, 0.29) is 5.97 Å². The van der Waals surface area contributed by atoms with Crippen LogP contribution in [0, 0.1) is 5.41 Å². The van der Waals surface area contributed by atoms with E-state index < -0.39 is 5.41 Å². The van der Waals surface area contributed by atoms with Crippen LogP contribution in [0.5, 0.6) is 0 Å². The van der Waals surface area contributed by atoms with Crippen LogP contribution in [0.3, 0.4) is 0 Å². The lowest BCUT2D eigenvalue weighted by atomic mass is 9.73. The summed E-state index contributed by atoms with van der Waals surface area (Å²) < 4.78 is 10.1. The van der Waals surface area contributed by atoms with Crippen molar-refractivity contribution in [3.05, 3.63) is 12.0 Å². The van der Waals surface area contributed by atoms with Gasteiger partial charge in [-0.2, -0.15) is 0 Å². The number of esters is 1. The van der Waals surface area contributed by atoms with Gasteiger partial charge >= 0.3 is 5.97 Å². The van der Waals surface area contributed by atoms with Crippen molar-refractivity contribution in [1.82, 2.24) is 0 Å². The Morgan fingerprint density at radius 2 is 2.08 bits per heavy atom. The molecule has 0 atom stereocenters. The molecule has 1 aliphatic heterocycles. The summed E-state index contributed by atoms with van der Waals surface area (Å²) in [5.41, 5.74) is -0.424. The van der Waals surface area contributed by atoms with Gasteiger partial charge < -0.3 is 9.47 Å². The summed E-state index contributed by atoms with van der Waals surface area (Å²) in [5, 5.41) is 0. The smallest absolute Gasteiger partial charge is 0.324 e. The van der Waals surface area contributed by atoms with Crippen molar-refractivity contribution >= 4 is 5.97 Å². The second-order valence-corrected chi connectivity index (χ2v) is 3.73. The predicted octanol–water partition coefficient (Wildman–Crippen LogP) is 1.98. The zero-order chi connectivity index (χ0) is 9.31. The molecule has 0 unspecified atom stereocenters. The first kappa shape index (κ1) is 8.60. The molecule has 0 N–H and O–H groups in total. The Morgan fingerprint density at radius 3 is 2.69 bits per heavy atom. The molecule has 0 radical (unpaired) electrons. The van der Waals surface area contributed by atoms with E-state index >= 15 is 0 Å². The minimum atomic E-state index is -0.424. The van der Waals surface area contributed by atoms with E-state index in [9.17, 15) is 4.79 Å². The van der Waals surface area contributed by atoms with Gasteiger partial charge in [0.2, 0.25) is 0 Å². The maximum atomic E-state index is 11.6. The van der Waals surface area contributed by atoms with Gasteiger partial charge in [-0.05, 0) is 12.8 Å². The molecule has 0 aromatic heterocycles. The second-order valence-electron chi connectivity index (χ2n) is 3.73. The summed E-state index contributed by atoms with van der Waals surface area (Å²) >= 11 is 0. The minimum absolute atomic E-state index is 0.121. The summed E-state index contributed by atoms with van der Waals surface area (Å²) in [7, 11) is 1.60. The monoisotopic (exact) mass is 182 g/mol. The van der Waals surface area contributed by atoms with Crippen molar-refractivity contribution in [2.75, 3.05) is 7.11 Å². The molecule has 0 aromatic carbocycles. The third-order valence-corrected chi connectivity index (χ3v) is 3.06. The normalized spacial score (nSPS) is 25.6. The highest BCUT2D eigenvalue weighted by atomic mass is 16.6. The van der Waals surface area contributed by atoms with Crippen LogP contribution in [0.25, 0.3) is 0 Å². The minimum Gasteiger partial charge on any atom is -0.497 e. The molecule has 0 aromatic rings. The number of methoxy groups -OCH3 is 1. The molecule has 13 heavy (non-hydrogen) atoms. The first-order chi connectivity index (χ1) is 6.29. The highest BCUT2D eigenvalue weighted by Gasteiger charge is 2.49. The van der Waals surface area contributed by atoms with E-state index in [1.807, 2.05) is 0 Å². The molecule has 3 nitrogen and oxygen atoms in total. The van der Waals surface area contributed by atoms with E-state index in [0.29, 0.717) is 0 Å². The fourth-order valence-corrected chi connectivity index (χ4v) is 2.28. The third-order valence-electron chi connectivity index (χ3n) is 3.06. The van der Waals surface area contributed by atoms with Crippen LogP contribution < -0.4 is 0 Å². The Morgan fingerprint density at radius 1 is 1.38 bits per heavy atom. The largest absolute Gasteiger partial charge is 0.497 e. The van der Waals surface area contributed by atoms with Gasteiger partial charge in [0.1, 0.15) is 17.4 Å². The molecule has 1 saturated carbocycles. The van der Waals surface area contributed by atoms with Gasteiger partial charge in [0.05, 0.1) is 7.11 Å². The fraction of sp³-hybridized carbons (Fsp3) is 0.700. The summed E-state index contributed by atoms with van der Waals surface area (Å²) in [5.74, 6) is 0.598. The number of carbonyl (C=O) groups excluding carboxylic acids is 1. The zero-order valence-corrected chi connectivity index (χ0v) is 7.84. The van der Waals surface area contributed by atoms with E-state index in [1.54, 1.807) is 7.11 Å². The van der Waals surface area contributed by atoms with Crippen molar-refractivity contribution in [2.24, 2.45) is 5.41 Å². The first-order valence-electron chi connectivity index (χ1n) is 4.75. The molecular formula is C10H14O3. The lowest BCUT2D eigenvalue weighted by molar-refractivity contribution is -0.146. The van der Waals surface area contributed by atoms with Crippen LogP contribution >= 0.6 is 0 Å². The maximum Gasteiger partial charge on any atom is 0.324 e. The van der Waals surface area contributed by atoms with Gasteiger partial charge in [-0.25, -0.2) is 0 Å². The second kappa shape index (κ2) is 3.05. The van der Waals surface area contributed by atoms with Crippen LogP contribution in [0.2, 0.25) is 0 Å². The van der Waals surface area contributed by atoms with E-state index in [4.69, 9.17) is 9.47 Å². The Bertz CT molecular complexity index is 249. The molecule has 0 amide bonds. The molecule has 1 spiro atoms. The number of rotatable bonds is 1. The highest BCUT2D eigenvalue weighted by molar-refractivity contribution is 5.83. The third kappa shape index (κ3) is 1.14. The SMILES string of the molecule is COC1=COC(=O)C12CCCCC2. The summed E-state index contributed by atoms with van der Waals surface area (Å²) in [6, 6.07) is 0. The molecule has 2 rings (SSSR count). The number of hydrogen-bond donors (Lipinski definition) is 0. The lowest BCUT2D eigenvalue weighted by Crippen LogP contribution is -2.32. The van der Waals surface area contributed by atoms with Crippen LogP contribution in [0.4, 0.5) is 0 Å². The van der Waals surface area contributed by atoms with Gasteiger partial charge in [-0.15, -0.1) is 0 Å². The van der Waals surface area contributed by atoms with Crippen LogP contribution in [0.1, 0.15) is 32.1 Å². The Hall–Kier alpha value is -0.990. The average molecular weight is 182 g/mol. The fourth-order valence-electron chi connectivity index (χ4n) is 2.28. The van der Waals surface area contributed by atoms with Crippen LogP contribution in [-0.4, -0.2) is 13.1 Å². The summed E-state index contributed by atoms with van der Waals surface area (Å²) in [6.45, 7) is 0. The highest BCUT2D eigenvalue weighted by Crippen LogP contribution is 2.46. The average Bonchev–Trinajstić information content (AvgIpc) is 2.46. The van der Waals surface area contributed by atoms with Crippen molar-refractivity contribution in [2.45, 2.75) is 32.1 Å². The standard InChI is InChI=1S/C10H14O3/c1-12-8-7-13-9(11)10(8)5-3-2-4-6-10/h7H,2-6H2,1H3. The van der Waals surface area contributed by atoms with Gasteiger partial charge in [-0.1, -0.05) is 19.3 Å². The van der Waals surface area contributed by atoms with E-state index in [2.05, 4.69) is 0 Å². The Balaban J connectivity index is 2.26. The molecule has 0 bridgehead atoms. The number of cyclic esters (lactones) is 1. The molecule has 1 aliphatic carbocycles. The maximum absolute atomic E-state index is 11.6. The molecule has 1 fully saturated rings. The molecule has 1 heterocycles. The van der Waals surface area contributed by atoms with Crippen LogP contribution in [-0.2, 0) is 14.3 Å². The predicted molar refractivity (Wildman–Crippen MR) is 46.7 cm³/mol. The lowest BCUT2D eigenvalue weighted by Gasteiger charge is -2.30. The van der Waals surface area contributed by atoms with Crippen molar-refractivity contribution in [3.8, 4) is 0 Å². The molecule has 72 valence electrons. The Kier molecular flexibility index (Phi) is 2.02. The van der Waals surface area contributed by atoms with E-state index in [0.717, 1.165) is 31.4 Å². The van der Waals surface area contributed by atoms with Crippen molar-refractivity contribution in [3.63, 3.8) is 0 Å². The van der Waals surface area contributed by atoms with Crippen molar-refractivity contribution in [1.29, 1.82) is 0 Å². The summed E-state index contributed by atoms with van der Waals surface area (Å²) in [6.07, 6.45) is 6.63. The van der Waals surface area contributed by atoms with Gasteiger partial charge in [-0.3, -0.25) is 4.79 Å².